The minimum atomic E-state index is -4.42. The molecule has 4 rings (SSSR count). The Balaban J connectivity index is 1.82. The van der Waals surface area contributed by atoms with Crippen LogP contribution in [0.4, 0.5) is 13.2 Å². The predicted octanol–water partition coefficient (Wildman–Crippen LogP) is 5.10. The highest BCUT2D eigenvalue weighted by Gasteiger charge is 2.30. The van der Waals surface area contributed by atoms with Crippen LogP contribution in [-0.4, -0.2) is 28.8 Å². The van der Waals surface area contributed by atoms with Gasteiger partial charge in [-0.1, -0.05) is 12.1 Å². The Labute approximate surface area is 164 Å². The molecule has 0 aliphatic heterocycles. The third-order valence-corrected chi connectivity index (χ3v) is 4.53. The average molecular weight is 399 g/mol. The molecule has 0 atom stereocenters. The number of aromatic nitrogens is 3. The lowest BCUT2D eigenvalue weighted by Gasteiger charge is -2.10. The van der Waals surface area contributed by atoms with Crippen LogP contribution < -0.4 is 9.47 Å². The van der Waals surface area contributed by atoms with Gasteiger partial charge in [0.25, 0.3) is 0 Å². The number of imidazole rings is 1. The maximum atomic E-state index is 13.0. The zero-order valence-electron chi connectivity index (χ0n) is 15.6. The molecule has 0 saturated carbocycles. The molecule has 0 aliphatic rings. The number of hydrogen-bond acceptors (Lipinski definition) is 4. The quantitative estimate of drug-likeness (QED) is 0.479. The molecule has 2 aromatic heterocycles. The summed E-state index contributed by atoms with van der Waals surface area (Å²) >= 11 is 0. The maximum absolute atomic E-state index is 13.0. The van der Waals surface area contributed by atoms with Gasteiger partial charge >= 0.3 is 6.18 Å². The van der Waals surface area contributed by atoms with Crippen molar-refractivity contribution >= 4 is 5.65 Å². The summed E-state index contributed by atoms with van der Waals surface area (Å²) < 4.78 is 51.3. The molecule has 2 aromatic carbocycles. The second kappa shape index (κ2) is 7.12. The molecule has 5 nitrogen and oxygen atoms in total. The summed E-state index contributed by atoms with van der Waals surface area (Å²) in [7, 11) is 3.09. The van der Waals surface area contributed by atoms with Crippen LogP contribution in [0.2, 0.25) is 0 Å². The Morgan fingerprint density at radius 1 is 0.862 bits per heavy atom. The molecule has 29 heavy (non-hydrogen) atoms. The fourth-order valence-corrected chi connectivity index (χ4v) is 3.07. The Morgan fingerprint density at radius 2 is 1.66 bits per heavy atom. The first-order valence-corrected chi connectivity index (χ1v) is 8.65. The molecule has 0 unspecified atom stereocenters. The topological polar surface area (TPSA) is 48.7 Å². The average Bonchev–Trinajstić information content (AvgIpc) is 3.16. The van der Waals surface area contributed by atoms with Gasteiger partial charge in [0.15, 0.2) is 17.1 Å². The molecule has 0 spiro atoms. The molecule has 0 N–H and O–H groups in total. The van der Waals surface area contributed by atoms with Crippen molar-refractivity contribution in [1.29, 1.82) is 0 Å². The maximum Gasteiger partial charge on any atom is 0.416 e. The fraction of sp³-hybridized carbons (Fsp3) is 0.143. The van der Waals surface area contributed by atoms with Crippen molar-refractivity contribution in [2.75, 3.05) is 14.2 Å². The first kappa shape index (κ1) is 18.8. The first-order valence-electron chi connectivity index (χ1n) is 8.65. The van der Waals surface area contributed by atoms with Crippen molar-refractivity contribution in [3.8, 4) is 34.0 Å². The summed E-state index contributed by atoms with van der Waals surface area (Å²) in [6, 6.07) is 13.8. The normalized spacial score (nSPS) is 11.6. The Hall–Kier alpha value is -3.55. The lowest BCUT2D eigenvalue weighted by molar-refractivity contribution is -0.137. The van der Waals surface area contributed by atoms with E-state index in [1.54, 1.807) is 55.3 Å². The van der Waals surface area contributed by atoms with Gasteiger partial charge in [0.1, 0.15) is 0 Å². The third kappa shape index (κ3) is 3.49. The minimum Gasteiger partial charge on any atom is -0.493 e. The molecule has 4 aromatic rings. The van der Waals surface area contributed by atoms with Gasteiger partial charge in [-0.3, -0.25) is 0 Å². The summed E-state index contributed by atoms with van der Waals surface area (Å²) in [5, 5.41) is 4.52. The molecule has 0 saturated heterocycles. The van der Waals surface area contributed by atoms with Crippen LogP contribution >= 0.6 is 0 Å². The third-order valence-electron chi connectivity index (χ3n) is 4.53. The van der Waals surface area contributed by atoms with Crippen LogP contribution in [0.1, 0.15) is 5.56 Å². The number of nitrogens with zero attached hydrogens (tertiary/aromatic N) is 3. The van der Waals surface area contributed by atoms with E-state index in [0.29, 0.717) is 34.1 Å². The van der Waals surface area contributed by atoms with E-state index >= 15 is 0 Å². The van der Waals surface area contributed by atoms with Crippen molar-refractivity contribution in [1.82, 2.24) is 14.6 Å². The van der Waals surface area contributed by atoms with Crippen molar-refractivity contribution in [2.45, 2.75) is 6.18 Å². The molecule has 2 heterocycles. The van der Waals surface area contributed by atoms with Gasteiger partial charge in [-0.2, -0.15) is 18.3 Å². The second-order valence-electron chi connectivity index (χ2n) is 6.28. The van der Waals surface area contributed by atoms with Gasteiger partial charge in [-0.15, -0.1) is 0 Å². The van der Waals surface area contributed by atoms with Gasteiger partial charge in [-0.25, -0.2) is 9.50 Å². The number of ether oxygens (including phenoxy) is 2. The first-order chi connectivity index (χ1) is 13.9. The highest BCUT2D eigenvalue weighted by Crippen LogP contribution is 2.34. The Bertz CT molecular complexity index is 1190. The van der Waals surface area contributed by atoms with Gasteiger partial charge in [-0.05, 0) is 42.5 Å². The highest BCUT2D eigenvalue weighted by atomic mass is 19.4. The van der Waals surface area contributed by atoms with Gasteiger partial charge in [0.2, 0.25) is 0 Å². The summed E-state index contributed by atoms with van der Waals surface area (Å²) in [4.78, 5) is 4.33. The smallest absolute Gasteiger partial charge is 0.416 e. The highest BCUT2D eigenvalue weighted by molar-refractivity contribution is 5.68. The van der Waals surface area contributed by atoms with Crippen molar-refractivity contribution in [2.24, 2.45) is 0 Å². The van der Waals surface area contributed by atoms with Crippen molar-refractivity contribution in [3.05, 3.63) is 66.4 Å². The lowest BCUT2D eigenvalue weighted by Crippen LogP contribution is -2.05. The van der Waals surface area contributed by atoms with E-state index < -0.39 is 11.7 Å². The van der Waals surface area contributed by atoms with Crippen LogP contribution in [0.3, 0.4) is 0 Å². The Kier molecular flexibility index (Phi) is 4.62. The van der Waals surface area contributed by atoms with E-state index in [1.165, 1.54) is 6.07 Å². The van der Waals surface area contributed by atoms with Crippen LogP contribution in [0, 0.1) is 0 Å². The molecule has 0 fully saturated rings. The van der Waals surface area contributed by atoms with Crippen molar-refractivity contribution < 1.29 is 22.6 Å². The summed E-state index contributed by atoms with van der Waals surface area (Å²) in [5.74, 6) is 1.14. The predicted molar refractivity (Wildman–Crippen MR) is 102 cm³/mol. The standard InChI is InChI=1S/C21H16F3N3O2/c1-28-18-8-6-14(11-19(18)29-2)17-12-25-20-9-7-16(26-27(17)20)13-4-3-5-15(10-13)21(22,23)24/h3-12H,1-2H3. The molecule has 0 bridgehead atoms. The van der Waals surface area contributed by atoms with E-state index in [-0.39, 0.29) is 0 Å². The van der Waals surface area contributed by atoms with E-state index in [9.17, 15) is 13.2 Å². The summed E-state index contributed by atoms with van der Waals surface area (Å²) in [5.41, 5.74) is 2.09. The van der Waals surface area contributed by atoms with Gasteiger partial charge in [0.05, 0.1) is 37.4 Å². The lowest BCUT2D eigenvalue weighted by atomic mass is 10.1. The van der Waals surface area contributed by atoms with Crippen LogP contribution in [-0.2, 0) is 6.18 Å². The Morgan fingerprint density at radius 3 is 2.38 bits per heavy atom. The SMILES string of the molecule is COc1ccc(-c2cnc3ccc(-c4cccc(C(F)(F)F)c4)nn23)cc1OC. The number of alkyl halides is 3. The van der Waals surface area contributed by atoms with E-state index in [4.69, 9.17) is 9.47 Å². The molecule has 0 amide bonds. The number of halogens is 3. The largest absolute Gasteiger partial charge is 0.493 e. The monoisotopic (exact) mass is 399 g/mol. The number of fused-ring (bicyclic) bond motifs is 1. The minimum absolute atomic E-state index is 0.369. The van der Waals surface area contributed by atoms with Crippen LogP contribution in [0.15, 0.2) is 60.8 Å². The molecule has 0 radical (unpaired) electrons. The molecule has 148 valence electrons. The van der Waals surface area contributed by atoms with Crippen LogP contribution in [0.5, 0.6) is 11.5 Å². The van der Waals surface area contributed by atoms with Crippen molar-refractivity contribution in [3.63, 3.8) is 0 Å². The number of hydrogen-bond donors (Lipinski definition) is 0. The van der Waals surface area contributed by atoms with Gasteiger partial charge in [0, 0.05) is 11.1 Å². The number of rotatable bonds is 4. The molecular weight excluding hydrogens is 383 g/mol. The summed E-state index contributed by atoms with van der Waals surface area (Å²) in [6.07, 6.45) is -2.76. The summed E-state index contributed by atoms with van der Waals surface area (Å²) in [6.45, 7) is 0. The number of benzene rings is 2. The van der Waals surface area contributed by atoms with Crippen LogP contribution in [0.25, 0.3) is 28.2 Å². The van der Waals surface area contributed by atoms with E-state index in [1.807, 2.05) is 6.07 Å². The molecular formula is C21H16F3N3O2. The van der Waals surface area contributed by atoms with E-state index in [0.717, 1.165) is 17.7 Å². The van der Waals surface area contributed by atoms with E-state index in [2.05, 4.69) is 10.1 Å². The fourth-order valence-electron chi connectivity index (χ4n) is 3.07. The van der Waals surface area contributed by atoms with Gasteiger partial charge < -0.3 is 9.47 Å². The molecule has 0 aliphatic carbocycles. The second-order valence-corrected chi connectivity index (χ2v) is 6.28. The number of methoxy groups -OCH3 is 2. The zero-order chi connectivity index (χ0) is 20.6. The zero-order valence-corrected chi connectivity index (χ0v) is 15.6. The molecule has 8 heteroatoms.